The van der Waals surface area contributed by atoms with E-state index in [2.05, 4.69) is 39.8 Å². The lowest BCUT2D eigenvalue weighted by atomic mass is 10.1. The molecule has 4 rings (SSSR count). The maximum Gasteiger partial charge on any atom is 0.340 e. The first kappa shape index (κ1) is 21.7. The summed E-state index contributed by atoms with van der Waals surface area (Å²) in [6, 6.07) is 19.7. The van der Waals surface area contributed by atoms with Crippen molar-refractivity contribution in [3.63, 3.8) is 0 Å². The van der Waals surface area contributed by atoms with Crippen molar-refractivity contribution in [3.05, 3.63) is 83.7 Å². The summed E-state index contributed by atoms with van der Waals surface area (Å²) in [7, 11) is 1.35. The van der Waals surface area contributed by atoms with Gasteiger partial charge < -0.3 is 10.1 Å². The molecular weight excluding hydrogens is 442 g/mol. The second kappa shape index (κ2) is 9.71. The number of hydrogen-bond acceptors (Lipinski definition) is 6. The Morgan fingerprint density at radius 2 is 1.88 bits per heavy atom. The molecule has 0 bridgehead atoms. The molecule has 2 aromatic carbocycles. The van der Waals surface area contributed by atoms with Crippen molar-refractivity contribution in [1.82, 2.24) is 14.8 Å². The Morgan fingerprint density at radius 1 is 1.12 bits per heavy atom. The van der Waals surface area contributed by atoms with Gasteiger partial charge in [0.2, 0.25) is 5.95 Å². The standard InChI is InChI=1S/C23H21N5O2S2/c1-15-8-6-7-11-17(15)13-28-14-24-22(27-28)26-23(31)25-20-18(21(29)30-2)12-19(32-20)16-9-4-3-5-10-16/h3-12,14H,13H2,1-2H3,(H2,25,26,27,31). The van der Waals surface area contributed by atoms with E-state index in [4.69, 9.17) is 17.0 Å². The van der Waals surface area contributed by atoms with Gasteiger partial charge in [0.15, 0.2) is 5.11 Å². The zero-order valence-electron chi connectivity index (χ0n) is 17.5. The normalized spacial score (nSPS) is 10.6. The number of carbonyl (C=O) groups is 1. The molecule has 0 spiro atoms. The van der Waals surface area contributed by atoms with E-state index in [1.54, 1.807) is 17.1 Å². The third kappa shape index (κ3) is 5.01. The van der Waals surface area contributed by atoms with Crippen molar-refractivity contribution in [2.24, 2.45) is 0 Å². The third-order valence-electron chi connectivity index (χ3n) is 4.78. The minimum Gasteiger partial charge on any atom is -0.465 e. The number of ether oxygens (including phenoxy) is 1. The number of aromatic nitrogens is 3. The van der Waals surface area contributed by atoms with Crippen LogP contribution in [0.4, 0.5) is 10.9 Å². The van der Waals surface area contributed by atoms with E-state index in [0.717, 1.165) is 10.4 Å². The molecule has 162 valence electrons. The number of esters is 1. The topological polar surface area (TPSA) is 81.1 Å². The molecule has 0 radical (unpaired) electrons. The number of methoxy groups -OCH3 is 1. The van der Waals surface area contributed by atoms with Gasteiger partial charge in [0, 0.05) is 4.88 Å². The van der Waals surface area contributed by atoms with Gasteiger partial charge in [-0.1, -0.05) is 54.6 Å². The molecule has 2 aromatic heterocycles. The molecule has 4 aromatic rings. The first-order valence-corrected chi connectivity index (χ1v) is 11.1. The van der Waals surface area contributed by atoms with Crippen molar-refractivity contribution in [1.29, 1.82) is 0 Å². The Kier molecular flexibility index (Phi) is 6.58. The summed E-state index contributed by atoms with van der Waals surface area (Å²) in [4.78, 5) is 17.5. The van der Waals surface area contributed by atoms with Crippen molar-refractivity contribution >= 4 is 45.6 Å². The molecular formula is C23H21N5O2S2. The number of hydrogen-bond donors (Lipinski definition) is 2. The van der Waals surface area contributed by atoms with Crippen LogP contribution in [0.15, 0.2) is 67.0 Å². The SMILES string of the molecule is COC(=O)c1cc(-c2ccccc2)sc1NC(=S)Nc1ncn(Cc2ccccc2C)n1. The van der Waals surface area contributed by atoms with Crippen LogP contribution in [0.1, 0.15) is 21.5 Å². The van der Waals surface area contributed by atoms with E-state index in [9.17, 15) is 4.79 Å². The summed E-state index contributed by atoms with van der Waals surface area (Å²) in [6.07, 6.45) is 1.65. The number of aryl methyl sites for hydroxylation is 1. The first-order chi connectivity index (χ1) is 15.5. The van der Waals surface area contributed by atoms with Gasteiger partial charge in [0.05, 0.1) is 19.2 Å². The highest BCUT2D eigenvalue weighted by Gasteiger charge is 2.19. The number of nitrogens with one attached hydrogen (secondary N) is 2. The highest BCUT2D eigenvalue weighted by atomic mass is 32.1. The van der Waals surface area contributed by atoms with Gasteiger partial charge >= 0.3 is 5.97 Å². The second-order valence-corrected chi connectivity index (χ2v) is 8.44. The summed E-state index contributed by atoms with van der Waals surface area (Å²) in [5.41, 5.74) is 3.78. The Labute approximate surface area is 195 Å². The van der Waals surface area contributed by atoms with Crippen LogP contribution < -0.4 is 10.6 Å². The lowest BCUT2D eigenvalue weighted by Gasteiger charge is -2.08. The van der Waals surface area contributed by atoms with E-state index in [-0.39, 0.29) is 5.11 Å². The Morgan fingerprint density at radius 3 is 2.62 bits per heavy atom. The van der Waals surface area contributed by atoms with Gasteiger partial charge in [-0.25, -0.2) is 14.5 Å². The predicted molar refractivity (Wildman–Crippen MR) is 131 cm³/mol. The fourth-order valence-corrected chi connectivity index (χ4v) is 4.43. The summed E-state index contributed by atoms with van der Waals surface area (Å²) >= 11 is 6.85. The molecule has 0 aliphatic heterocycles. The van der Waals surface area contributed by atoms with Crippen molar-refractivity contribution < 1.29 is 9.53 Å². The fourth-order valence-electron chi connectivity index (χ4n) is 3.12. The summed E-state index contributed by atoms with van der Waals surface area (Å²) in [5.74, 6) is -0.0649. The second-order valence-electron chi connectivity index (χ2n) is 6.98. The van der Waals surface area contributed by atoms with E-state index >= 15 is 0 Å². The number of nitrogens with zero attached hydrogens (tertiary/aromatic N) is 3. The van der Waals surface area contributed by atoms with Crippen molar-refractivity contribution in [3.8, 4) is 10.4 Å². The van der Waals surface area contributed by atoms with Crippen molar-refractivity contribution in [2.45, 2.75) is 13.5 Å². The summed E-state index contributed by atoms with van der Waals surface area (Å²) < 4.78 is 6.67. The maximum absolute atomic E-state index is 12.3. The van der Waals surface area contributed by atoms with Crippen LogP contribution in [0.5, 0.6) is 0 Å². The molecule has 2 N–H and O–H groups in total. The molecule has 0 unspecified atom stereocenters. The quantitative estimate of drug-likeness (QED) is 0.309. The molecule has 0 amide bonds. The monoisotopic (exact) mass is 463 g/mol. The Balaban J connectivity index is 1.47. The van der Waals surface area contributed by atoms with Crippen LogP contribution in [0.3, 0.4) is 0 Å². The van der Waals surface area contributed by atoms with Crippen molar-refractivity contribution in [2.75, 3.05) is 17.7 Å². The van der Waals surface area contributed by atoms with Gasteiger partial charge in [-0.15, -0.1) is 16.4 Å². The number of rotatable bonds is 6. The van der Waals surface area contributed by atoms with E-state index < -0.39 is 5.97 Å². The molecule has 0 aliphatic rings. The van der Waals surface area contributed by atoms with Gasteiger partial charge in [-0.2, -0.15) is 0 Å². The minimum atomic E-state index is -0.436. The van der Waals surface area contributed by atoms with Crippen LogP contribution in [-0.2, 0) is 11.3 Å². The predicted octanol–water partition coefficient (Wildman–Crippen LogP) is 4.96. The summed E-state index contributed by atoms with van der Waals surface area (Å²) in [5, 5.41) is 11.4. The lowest BCUT2D eigenvalue weighted by Crippen LogP contribution is -2.20. The zero-order chi connectivity index (χ0) is 22.5. The number of carbonyl (C=O) groups excluding carboxylic acids is 1. The molecule has 7 nitrogen and oxygen atoms in total. The van der Waals surface area contributed by atoms with Crippen LogP contribution >= 0.6 is 23.6 Å². The highest BCUT2D eigenvalue weighted by Crippen LogP contribution is 2.35. The summed E-state index contributed by atoms with van der Waals surface area (Å²) in [6.45, 7) is 2.67. The average Bonchev–Trinajstić information content (AvgIpc) is 3.42. The molecule has 9 heteroatoms. The van der Waals surface area contributed by atoms with Gasteiger partial charge in [-0.3, -0.25) is 5.32 Å². The van der Waals surface area contributed by atoms with Crippen LogP contribution in [0.2, 0.25) is 0 Å². The molecule has 0 aliphatic carbocycles. The van der Waals surface area contributed by atoms with Gasteiger partial charge in [0.1, 0.15) is 11.3 Å². The van der Waals surface area contributed by atoms with E-state index in [0.29, 0.717) is 23.1 Å². The van der Waals surface area contributed by atoms with Crippen LogP contribution in [-0.4, -0.2) is 33.0 Å². The van der Waals surface area contributed by atoms with E-state index in [1.165, 1.54) is 29.6 Å². The smallest absolute Gasteiger partial charge is 0.340 e. The number of anilines is 2. The number of thiocarbonyl (C=S) groups is 1. The fraction of sp³-hybridized carbons (Fsp3) is 0.130. The molecule has 0 fully saturated rings. The van der Waals surface area contributed by atoms with Crippen LogP contribution in [0, 0.1) is 6.92 Å². The maximum atomic E-state index is 12.3. The minimum absolute atomic E-state index is 0.283. The molecule has 2 heterocycles. The Bertz CT molecular complexity index is 1250. The lowest BCUT2D eigenvalue weighted by molar-refractivity contribution is 0.0602. The molecule has 0 atom stereocenters. The Hall–Kier alpha value is -3.56. The first-order valence-electron chi connectivity index (χ1n) is 9.83. The third-order valence-corrected chi connectivity index (χ3v) is 6.08. The number of benzene rings is 2. The zero-order valence-corrected chi connectivity index (χ0v) is 19.2. The molecule has 32 heavy (non-hydrogen) atoms. The number of thiophene rings is 1. The van der Waals surface area contributed by atoms with Crippen LogP contribution in [0.25, 0.3) is 10.4 Å². The highest BCUT2D eigenvalue weighted by molar-refractivity contribution is 7.80. The largest absolute Gasteiger partial charge is 0.465 e. The molecule has 0 saturated carbocycles. The van der Waals surface area contributed by atoms with E-state index in [1.807, 2.05) is 42.5 Å². The van der Waals surface area contributed by atoms with Gasteiger partial charge in [-0.05, 0) is 41.9 Å². The molecule has 0 saturated heterocycles. The van der Waals surface area contributed by atoms with Gasteiger partial charge in [0.25, 0.3) is 0 Å². The average molecular weight is 464 g/mol.